The van der Waals surface area contributed by atoms with Crippen LogP contribution in [-0.4, -0.2) is 67.2 Å². The fourth-order valence-electron chi connectivity index (χ4n) is 6.79. The molecular formula is C32H40F2N6O3S. The minimum atomic E-state index is -2.98. The first-order valence-corrected chi connectivity index (χ1v) is 17.2. The van der Waals surface area contributed by atoms with Crippen LogP contribution in [0.4, 0.5) is 14.6 Å². The summed E-state index contributed by atoms with van der Waals surface area (Å²) in [5.41, 5.74) is 1.71. The molecule has 0 radical (unpaired) electrons. The molecule has 2 aromatic heterocycles. The molecule has 0 aliphatic carbocycles. The summed E-state index contributed by atoms with van der Waals surface area (Å²) in [6.45, 7) is 4.27. The van der Waals surface area contributed by atoms with Crippen LogP contribution in [-0.2, 0) is 28.1 Å². The van der Waals surface area contributed by atoms with Crippen LogP contribution in [0.1, 0.15) is 74.1 Å². The number of hydrogen-bond donors (Lipinski definition) is 2. The lowest BCUT2D eigenvalue weighted by atomic mass is 9.85. The summed E-state index contributed by atoms with van der Waals surface area (Å²) >= 11 is 0. The number of halogens is 2. The van der Waals surface area contributed by atoms with E-state index in [-0.39, 0.29) is 29.0 Å². The van der Waals surface area contributed by atoms with Gasteiger partial charge in [-0.25, -0.2) is 18.7 Å². The van der Waals surface area contributed by atoms with E-state index in [2.05, 4.69) is 25.5 Å². The lowest BCUT2D eigenvalue weighted by Gasteiger charge is -2.36. The third-order valence-corrected chi connectivity index (χ3v) is 10.9. The number of rotatable bonds is 1. The van der Waals surface area contributed by atoms with Crippen molar-refractivity contribution in [2.45, 2.75) is 69.9 Å². The van der Waals surface area contributed by atoms with Crippen molar-refractivity contribution in [3.05, 3.63) is 63.7 Å². The van der Waals surface area contributed by atoms with Gasteiger partial charge < -0.3 is 15.5 Å². The number of anilines is 1. The lowest BCUT2D eigenvalue weighted by Crippen LogP contribution is -2.41. The van der Waals surface area contributed by atoms with Gasteiger partial charge in [0.15, 0.2) is 0 Å². The van der Waals surface area contributed by atoms with E-state index in [0.717, 1.165) is 0 Å². The standard InChI is InChI=1S/C32H40F2N6O3S/c1-21-23-4-2-5-25(18-23)32(33,34)24-6-13-39(14-7-24)15-8-28(41)35-11-3-12-40-30-27(29(38-21)36-20-37-30)19-26(31(40)42)22-9-16-44(43)17-10-22/h2,4-5,18-22,24H,3,6-17H2,1H3,(H,35,41)(H,36,37,38)/t21-,22?,44?/m1/s1. The molecule has 9 nitrogen and oxygen atoms in total. The van der Waals surface area contributed by atoms with E-state index in [1.54, 1.807) is 16.7 Å². The van der Waals surface area contributed by atoms with Gasteiger partial charge in [-0.05, 0) is 75.7 Å². The Labute approximate surface area is 258 Å². The van der Waals surface area contributed by atoms with Crippen molar-refractivity contribution in [1.82, 2.24) is 24.8 Å². The maximum atomic E-state index is 15.8. The normalized spacial score (nSPS) is 28.2. The Kier molecular flexibility index (Phi) is 9.09. The predicted octanol–water partition coefficient (Wildman–Crippen LogP) is 4.30. The van der Waals surface area contributed by atoms with Crippen LogP contribution in [0.15, 0.2) is 41.5 Å². The Morgan fingerprint density at radius 3 is 2.55 bits per heavy atom. The molecule has 1 amide bonds. The van der Waals surface area contributed by atoms with Crippen molar-refractivity contribution < 1.29 is 17.8 Å². The van der Waals surface area contributed by atoms with Gasteiger partial charge >= 0.3 is 0 Å². The first kappa shape index (κ1) is 30.8. The topological polar surface area (TPSA) is 109 Å². The molecule has 3 aromatic rings. The molecule has 4 aliphatic heterocycles. The number of alkyl halides is 2. The van der Waals surface area contributed by atoms with Gasteiger partial charge in [-0.1, -0.05) is 18.2 Å². The highest BCUT2D eigenvalue weighted by molar-refractivity contribution is 7.85. The number of aromatic nitrogens is 3. The second kappa shape index (κ2) is 13.0. The fraction of sp³-hybridized carbons (Fsp3) is 0.562. The summed E-state index contributed by atoms with van der Waals surface area (Å²) in [5.74, 6) is -2.24. The van der Waals surface area contributed by atoms with Crippen LogP contribution in [0.2, 0.25) is 0 Å². The summed E-state index contributed by atoms with van der Waals surface area (Å²) in [4.78, 5) is 37.6. The highest BCUT2D eigenvalue weighted by Crippen LogP contribution is 2.42. The third kappa shape index (κ3) is 6.42. The number of aryl methyl sites for hydroxylation is 1. The maximum absolute atomic E-state index is 15.8. The van der Waals surface area contributed by atoms with Crippen molar-refractivity contribution in [2.75, 3.05) is 43.0 Å². The number of nitrogens with one attached hydrogen (secondary N) is 2. The number of carbonyl (C=O) groups excluding carboxylic acids is 1. The summed E-state index contributed by atoms with van der Waals surface area (Å²) in [7, 11) is -0.869. The molecule has 44 heavy (non-hydrogen) atoms. The number of hydrogen-bond acceptors (Lipinski definition) is 7. The monoisotopic (exact) mass is 626 g/mol. The van der Waals surface area contributed by atoms with Crippen LogP contribution in [0, 0.1) is 5.92 Å². The molecule has 6 heterocycles. The largest absolute Gasteiger partial charge is 0.363 e. The second-order valence-corrected chi connectivity index (χ2v) is 14.0. The van der Waals surface area contributed by atoms with E-state index in [0.29, 0.717) is 111 Å². The first-order chi connectivity index (χ1) is 21.2. The minimum absolute atomic E-state index is 0.00530. The van der Waals surface area contributed by atoms with Gasteiger partial charge in [0.25, 0.3) is 11.5 Å². The van der Waals surface area contributed by atoms with Crippen molar-refractivity contribution in [1.29, 1.82) is 0 Å². The molecule has 0 spiro atoms. The van der Waals surface area contributed by atoms with Crippen LogP contribution >= 0.6 is 0 Å². The lowest BCUT2D eigenvalue weighted by molar-refractivity contribution is -0.121. The molecule has 0 unspecified atom stereocenters. The van der Waals surface area contributed by atoms with E-state index >= 15 is 8.78 Å². The highest BCUT2D eigenvalue weighted by atomic mass is 32.2. The fourth-order valence-corrected chi connectivity index (χ4v) is 8.09. The van der Waals surface area contributed by atoms with Crippen LogP contribution in [0.25, 0.3) is 11.0 Å². The Bertz CT molecular complexity index is 1600. The number of piperidine rings is 1. The molecule has 2 saturated heterocycles. The molecular weight excluding hydrogens is 586 g/mol. The van der Waals surface area contributed by atoms with Crippen molar-refractivity contribution in [3.8, 4) is 0 Å². The molecule has 8 bridgehead atoms. The quantitative estimate of drug-likeness (QED) is 0.415. The minimum Gasteiger partial charge on any atom is -0.363 e. The van der Waals surface area contributed by atoms with Crippen LogP contribution in [0.5, 0.6) is 0 Å². The van der Waals surface area contributed by atoms with Crippen molar-refractivity contribution in [2.24, 2.45) is 5.92 Å². The number of nitrogens with zero attached hydrogens (tertiary/aromatic N) is 4. The Balaban J connectivity index is 1.40. The van der Waals surface area contributed by atoms with Gasteiger partial charge in [0.2, 0.25) is 5.91 Å². The number of benzene rings is 1. The van der Waals surface area contributed by atoms with Crippen LogP contribution < -0.4 is 16.2 Å². The van der Waals surface area contributed by atoms with E-state index in [4.69, 9.17) is 0 Å². The zero-order valence-corrected chi connectivity index (χ0v) is 25.9. The number of amides is 1. The summed E-state index contributed by atoms with van der Waals surface area (Å²) in [6, 6.07) is 8.12. The predicted molar refractivity (Wildman–Crippen MR) is 167 cm³/mol. The molecule has 0 saturated carbocycles. The average Bonchev–Trinajstić information content (AvgIpc) is 3.03. The molecule has 2 N–H and O–H groups in total. The smallest absolute Gasteiger partial charge is 0.276 e. The molecule has 7 rings (SSSR count). The summed E-state index contributed by atoms with van der Waals surface area (Å²) < 4.78 is 45.4. The van der Waals surface area contributed by atoms with Crippen LogP contribution in [0.3, 0.4) is 0 Å². The molecule has 2 fully saturated rings. The average molecular weight is 627 g/mol. The molecule has 236 valence electrons. The Morgan fingerprint density at radius 2 is 1.77 bits per heavy atom. The Morgan fingerprint density at radius 1 is 1.00 bits per heavy atom. The van der Waals surface area contributed by atoms with E-state index < -0.39 is 22.6 Å². The second-order valence-electron chi connectivity index (χ2n) is 12.3. The molecule has 1 atom stereocenters. The SMILES string of the molecule is C[C@H]1Nc2ncnc3c2cc(C2CCS(=O)CC2)c(=O)n3CCCNC(=O)CCN2CCC(CC2)C(F)(F)c2cccc1c2. The zero-order chi connectivity index (χ0) is 30.8. The Hall–Kier alpha value is -3.25. The summed E-state index contributed by atoms with van der Waals surface area (Å²) in [5, 5.41) is 7.04. The first-order valence-electron chi connectivity index (χ1n) is 15.7. The highest BCUT2D eigenvalue weighted by Gasteiger charge is 2.42. The number of fused-ring (bicyclic) bond motifs is 9. The molecule has 1 aromatic carbocycles. The van der Waals surface area contributed by atoms with Gasteiger partial charge in [-0.2, -0.15) is 0 Å². The van der Waals surface area contributed by atoms with Gasteiger partial charge in [-0.15, -0.1) is 0 Å². The van der Waals surface area contributed by atoms with Gasteiger partial charge in [-0.3, -0.25) is 18.4 Å². The van der Waals surface area contributed by atoms with Gasteiger partial charge in [0.05, 0.1) is 5.39 Å². The third-order valence-electron chi connectivity index (χ3n) is 9.50. The van der Waals surface area contributed by atoms with Crippen molar-refractivity contribution in [3.63, 3.8) is 0 Å². The van der Waals surface area contributed by atoms with Crippen molar-refractivity contribution >= 4 is 33.6 Å². The molecule has 12 heteroatoms. The zero-order valence-electron chi connectivity index (χ0n) is 25.1. The summed E-state index contributed by atoms with van der Waals surface area (Å²) in [6.07, 6.45) is 4.30. The van der Waals surface area contributed by atoms with E-state index in [9.17, 15) is 13.8 Å². The van der Waals surface area contributed by atoms with E-state index in [1.165, 1.54) is 12.4 Å². The van der Waals surface area contributed by atoms with Gasteiger partial charge in [0.1, 0.15) is 17.8 Å². The molecule has 4 aliphatic rings. The number of pyridine rings is 1. The van der Waals surface area contributed by atoms with Gasteiger partial charge in [0, 0.05) is 71.4 Å². The number of carbonyl (C=O) groups is 1. The maximum Gasteiger partial charge on any atom is 0.276 e. The van der Waals surface area contributed by atoms with E-state index in [1.807, 2.05) is 19.1 Å².